The van der Waals surface area contributed by atoms with Gasteiger partial charge in [0.05, 0.1) is 6.54 Å². The van der Waals surface area contributed by atoms with Gasteiger partial charge in [0.15, 0.2) is 0 Å². The second-order valence-corrected chi connectivity index (χ2v) is 7.33. The van der Waals surface area contributed by atoms with E-state index in [0.29, 0.717) is 17.9 Å². The van der Waals surface area contributed by atoms with Gasteiger partial charge in [0.2, 0.25) is 5.91 Å². The SMILES string of the molecule is CCc1ccc(COc2cccc3c2CN([C@@H](CCC(C)=O)C(N)=O)C3=O)cc1. The van der Waals surface area contributed by atoms with Crippen molar-refractivity contribution >= 4 is 17.6 Å². The van der Waals surface area contributed by atoms with Gasteiger partial charge < -0.3 is 20.2 Å². The molecule has 29 heavy (non-hydrogen) atoms. The molecule has 2 N–H and O–H groups in total. The van der Waals surface area contributed by atoms with E-state index in [4.69, 9.17) is 10.5 Å². The van der Waals surface area contributed by atoms with E-state index >= 15 is 0 Å². The lowest BCUT2D eigenvalue weighted by Crippen LogP contribution is -2.45. The number of Topliss-reactive ketones (excluding diaryl/α,β-unsaturated/α-hetero) is 1. The van der Waals surface area contributed by atoms with Gasteiger partial charge in [-0.05, 0) is 43.0 Å². The first-order chi connectivity index (χ1) is 13.9. The number of carbonyl (C=O) groups is 3. The molecule has 0 saturated heterocycles. The van der Waals surface area contributed by atoms with Crippen LogP contribution in [0.15, 0.2) is 42.5 Å². The third-order valence-electron chi connectivity index (χ3n) is 5.25. The number of nitrogens with two attached hydrogens (primary N) is 1. The maximum atomic E-state index is 12.9. The summed E-state index contributed by atoms with van der Waals surface area (Å²) >= 11 is 0. The zero-order valence-corrected chi connectivity index (χ0v) is 16.8. The Morgan fingerprint density at radius 1 is 1.14 bits per heavy atom. The molecule has 0 radical (unpaired) electrons. The Balaban J connectivity index is 1.76. The number of nitrogens with zero attached hydrogens (tertiary/aromatic N) is 1. The molecule has 1 aliphatic heterocycles. The molecule has 6 nitrogen and oxygen atoms in total. The minimum atomic E-state index is -0.812. The minimum absolute atomic E-state index is 0.0430. The van der Waals surface area contributed by atoms with Crippen LogP contribution in [0.3, 0.4) is 0 Å². The third kappa shape index (κ3) is 4.65. The smallest absolute Gasteiger partial charge is 0.255 e. The van der Waals surface area contributed by atoms with Gasteiger partial charge in [-0.3, -0.25) is 9.59 Å². The molecule has 1 atom stereocenters. The summed E-state index contributed by atoms with van der Waals surface area (Å²) in [5, 5.41) is 0. The van der Waals surface area contributed by atoms with Crippen LogP contribution in [-0.2, 0) is 29.2 Å². The summed E-state index contributed by atoms with van der Waals surface area (Å²) in [4.78, 5) is 37.6. The average Bonchev–Trinajstić information content (AvgIpc) is 3.03. The summed E-state index contributed by atoms with van der Waals surface area (Å²) in [6.07, 6.45) is 1.41. The number of hydrogen-bond donors (Lipinski definition) is 1. The summed E-state index contributed by atoms with van der Waals surface area (Å²) in [6.45, 7) is 4.19. The Labute approximate surface area is 170 Å². The summed E-state index contributed by atoms with van der Waals surface area (Å²) in [5.74, 6) is -0.290. The van der Waals surface area contributed by atoms with Crippen molar-refractivity contribution in [3.05, 3.63) is 64.7 Å². The van der Waals surface area contributed by atoms with E-state index in [2.05, 4.69) is 19.1 Å². The molecule has 0 bridgehead atoms. The second-order valence-electron chi connectivity index (χ2n) is 7.33. The number of benzene rings is 2. The van der Waals surface area contributed by atoms with Gasteiger partial charge >= 0.3 is 0 Å². The van der Waals surface area contributed by atoms with Crippen LogP contribution < -0.4 is 10.5 Å². The Kier molecular flexibility index (Phi) is 6.32. The predicted octanol–water partition coefficient (Wildman–Crippen LogP) is 3.01. The molecule has 1 heterocycles. The molecule has 1 aliphatic rings. The summed E-state index contributed by atoms with van der Waals surface area (Å²) in [7, 11) is 0. The molecule has 2 aromatic rings. The fraction of sp³-hybridized carbons (Fsp3) is 0.348. The first kappa shape index (κ1) is 20.6. The number of rotatable bonds is 9. The van der Waals surface area contributed by atoms with Gasteiger partial charge in [0, 0.05) is 17.5 Å². The molecule has 0 spiro atoms. The third-order valence-corrected chi connectivity index (χ3v) is 5.25. The summed E-state index contributed by atoms with van der Waals surface area (Å²) in [6, 6.07) is 12.7. The highest BCUT2D eigenvalue weighted by Crippen LogP contribution is 2.33. The van der Waals surface area contributed by atoms with E-state index in [1.807, 2.05) is 18.2 Å². The fourth-order valence-electron chi connectivity index (χ4n) is 3.54. The van der Waals surface area contributed by atoms with E-state index in [1.54, 1.807) is 12.1 Å². The summed E-state index contributed by atoms with van der Waals surface area (Å²) < 4.78 is 5.99. The van der Waals surface area contributed by atoms with Crippen LogP contribution in [-0.4, -0.2) is 28.5 Å². The first-order valence-electron chi connectivity index (χ1n) is 9.83. The highest BCUT2D eigenvalue weighted by molar-refractivity contribution is 6.01. The van der Waals surface area contributed by atoms with Crippen LogP contribution in [0.25, 0.3) is 0 Å². The lowest BCUT2D eigenvalue weighted by molar-refractivity contribution is -0.123. The molecule has 2 aromatic carbocycles. The molecule has 3 rings (SSSR count). The monoisotopic (exact) mass is 394 g/mol. The largest absolute Gasteiger partial charge is 0.489 e. The zero-order chi connectivity index (χ0) is 21.0. The van der Waals surface area contributed by atoms with Crippen molar-refractivity contribution < 1.29 is 19.1 Å². The molecule has 0 unspecified atom stereocenters. The van der Waals surface area contributed by atoms with Crippen molar-refractivity contribution in [1.29, 1.82) is 0 Å². The van der Waals surface area contributed by atoms with Crippen LogP contribution in [0.1, 0.15) is 53.7 Å². The quantitative estimate of drug-likeness (QED) is 0.708. The summed E-state index contributed by atoms with van der Waals surface area (Å²) in [5.41, 5.74) is 9.08. The van der Waals surface area contributed by atoms with Crippen LogP contribution in [0, 0.1) is 0 Å². The molecule has 0 saturated carbocycles. The Bertz CT molecular complexity index is 921. The molecule has 0 fully saturated rings. The normalized spacial score (nSPS) is 13.9. The van der Waals surface area contributed by atoms with Crippen molar-refractivity contribution in [2.24, 2.45) is 5.73 Å². The lowest BCUT2D eigenvalue weighted by Gasteiger charge is -2.24. The Morgan fingerprint density at radius 2 is 1.83 bits per heavy atom. The van der Waals surface area contributed by atoms with Crippen molar-refractivity contribution in [2.45, 2.75) is 52.3 Å². The van der Waals surface area contributed by atoms with E-state index in [-0.39, 0.29) is 31.1 Å². The Hall–Kier alpha value is -3.15. The topological polar surface area (TPSA) is 89.7 Å². The number of aryl methyl sites for hydroxylation is 1. The first-order valence-corrected chi connectivity index (χ1v) is 9.83. The predicted molar refractivity (Wildman–Crippen MR) is 109 cm³/mol. The molecule has 6 heteroatoms. The molecular weight excluding hydrogens is 368 g/mol. The van der Waals surface area contributed by atoms with Crippen LogP contribution >= 0.6 is 0 Å². The van der Waals surface area contributed by atoms with Gasteiger partial charge in [0.1, 0.15) is 24.2 Å². The Morgan fingerprint density at radius 3 is 2.45 bits per heavy atom. The van der Waals surface area contributed by atoms with E-state index in [0.717, 1.165) is 17.5 Å². The number of fused-ring (bicyclic) bond motifs is 1. The highest BCUT2D eigenvalue weighted by atomic mass is 16.5. The second kappa shape index (κ2) is 8.90. The van der Waals surface area contributed by atoms with Crippen molar-refractivity contribution in [1.82, 2.24) is 4.90 Å². The van der Waals surface area contributed by atoms with Crippen molar-refractivity contribution in [2.75, 3.05) is 0 Å². The van der Waals surface area contributed by atoms with Gasteiger partial charge in [-0.15, -0.1) is 0 Å². The van der Waals surface area contributed by atoms with Gasteiger partial charge in [-0.1, -0.05) is 37.3 Å². The zero-order valence-electron chi connectivity index (χ0n) is 16.8. The maximum Gasteiger partial charge on any atom is 0.255 e. The van der Waals surface area contributed by atoms with Crippen LogP contribution in [0.4, 0.5) is 0 Å². The maximum absolute atomic E-state index is 12.9. The number of amides is 2. The molecule has 0 aromatic heterocycles. The molecular formula is C23H26N2O4. The van der Waals surface area contributed by atoms with E-state index < -0.39 is 11.9 Å². The highest BCUT2D eigenvalue weighted by Gasteiger charge is 2.36. The minimum Gasteiger partial charge on any atom is -0.489 e. The van der Waals surface area contributed by atoms with Crippen LogP contribution in [0.5, 0.6) is 5.75 Å². The fourth-order valence-corrected chi connectivity index (χ4v) is 3.54. The number of primary amides is 1. The number of hydrogen-bond acceptors (Lipinski definition) is 4. The van der Waals surface area contributed by atoms with E-state index in [1.165, 1.54) is 17.4 Å². The number of ketones is 1. The number of carbonyl (C=O) groups excluding carboxylic acids is 3. The standard InChI is InChI=1S/C23H26N2O4/c1-3-16-8-10-17(11-9-16)14-29-21-6-4-5-18-19(21)13-25(23(18)28)20(22(24)27)12-7-15(2)26/h4-6,8-11,20H,3,7,12-14H2,1-2H3,(H2,24,27)/t20-/m0/s1. The number of ether oxygens (including phenoxy) is 1. The molecule has 0 aliphatic carbocycles. The molecule has 152 valence electrons. The average molecular weight is 394 g/mol. The van der Waals surface area contributed by atoms with Gasteiger partial charge in [-0.25, -0.2) is 0 Å². The van der Waals surface area contributed by atoms with Crippen molar-refractivity contribution in [3.63, 3.8) is 0 Å². The van der Waals surface area contributed by atoms with Gasteiger partial charge in [-0.2, -0.15) is 0 Å². The molecule has 2 amide bonds. The van der Waals surface area contributed by atoms with Gasteiger partial charge in [0.25, 0.3) is 5.91 Å². The lowest BCUT2D eigenvalue weighted by atomic mass is 10.1. The van der Waals surface area contributed by atoms with Crippen molar-refractivity contribution in [3.8, 4) is 5.75 Å². The van der Waals surface area contributed by atoms with E-state index in [9.17, 15) is 14.4 Å². The van der Waals surface area contributed by atoms with Crippen LogP contribution in [0.2, 0.25) is 0 Å².